The minimum atomic E-state index is 0.0161. The SMILES string of the molecule is CCCCCCCCNCC(N)(CC)CC. The van der Waals surface area contributed by atoms with Gasteiger partial charge in [0, 0.05) is 12.1 Å². The van der Waals surface area contributed by atoms with Gasteiger partial charge in [0.05, 0.1) is 0 Å². The van der Waals surface area contributed by atoms with Crippen molar-refractivity contribution in [2.45, 2.75) is 77.7 Å². The van der Waals surface area contributed by atoms with Crippen molar-refractivity contribution >= 4 is 0 Å². The van der Waals surface area contributed by atoms with Gasteiger partial charge in [0.2, 0.25) is 0 Å². The first kappa shape index (κ1) is 15.9. The fraction of sp³-hybridized carbons (Fsp3) is 1.00. The Bertz CT molecular complexity index is 142. The minimum absolute atomic E-state index is 0.0161. The van der Waals surface area contributed by atoms with E-state index in [1.807, 2.05) is 0 Å². The molecule has 3 N–H and O–H groups in total. The molecule has 2 heteroatoms. The van der Waals surface area contributed by atoms with E-state index in [0.717, 1.165) is 25.9 Å². The van der Waals surface area contributed by atoms with Crippen LogP contribution in [0.25, 0.3) is 0 Å². The zero-order valence-electron chi connectivity index (χ0n) is 11.6. The summed E-state index contributed by atoms with van der Waals surface area (Å²) in [4.78, 5) is 0. The van der Waals surface area contributed by atoms with Crippen LogP contribution in [-0.2, 0) is 0 Å². The van der Waals surface area contributed by atoms with Gasteiger partial charge in [0.1, 0.15) is 0 Å². The van der Waals surface area contributed by atoms with E-state index in [0.29, 0.717) is 0 Å². The number of nitrogens with one attached hydrogen (secondary N) is 1. The lowest BCUT2D eigenvalue weighted by Gasteiger charge is -2.26. The summed E-state index contributed by atoms with van der Waals surface area (Å²) in [5, 5.41) is 3.49. The van der Waals surface area contributed by atoms with Crippen LogP contribution >= 0.6 is 0 Å². The topological polar surface area (TPSA) is 38.0 Å². The fourth-order valence-electron chi connectivity index (χ4n) is 1.87. The van der Waals surface area contributed by atoms with E-state index in [1.165, 1.54) is 38.5 Å². The predicted octanol–water partition coefficient (Wildman–Crippen LogP) is 3.45. The highest BCUT2D eigenvalue weighted by molar-refractivity contribution is 4.83. The third-order valence-corrected chi connectivity index (χ3v) is 3.59. The molecule has 0 amide bonds. The molecule has 0 spiro atoms. The van der Waals surface area contributed by atoms with Crippen molar-refractivity contribution in [3.05, 3.63) is 0 Å². The van der Waals surface area contributed by atoms with Crippen LogP contribution in [0.3, 0.4) is 0 Å². The molecule has 2 nitrogen and oxygen atoms in total. The average Bonchev–Trinajstić information content (AvgIpc) is 2.32. The van der Waals surface area contributed by atoms with Crippen molar-refractivity contribution in [1.82, 2.24) is 5.32 Å². The molecule has 0 rings (SSSR count). The van der Waals surface area contributed by atoms with Crippen molar-refractivity contribution in [2.75, 3.05) is 13.1 Å². The zero-order valence-corrected chi connectivity index (χ0v) is 11.6. The first-order valence-corrected chi connectivity index (χ1v) is 7.18. The van der Waals surface area contributed by atoms with Crippen LogP contribution in [0.4, 0.5) is 0 Å². The number of nitrogens with two attached hydrogens (primary N) is 1. The molecule has 0 aromatic rings. The summed E-state index contributed by atoms with van der Waals surface area (Å²) >= 11 is 0. The van der Waals surface area contributed by atoms with Crippen molar-refractivity contribution in [3.63, 3.8) is 0 Å². The van der Waals surface area contributed by atoms with Gasteiger partial charge in [-0.3, -0.25) is 0 Å². The highest BCUT2D eigenvalue weighted by Crippen LogP contribution is 2.09. The Morgan fingerprint density at radius 3 is 2.00 bits per heavy atom. The summed E-state index contributed by atoms with van der Waals surface area (Å²) in [6, 6.07) is 0. The number of rotatable bonds is 11. The second kappa shape index (κ2) is 10.1. The van der Waals surface area contributed by atoms with Gasteiger partial charge < -0.3 is 11.1 Å². The molecule has 0 saturated heterocycles. The van der Waals surface area contributed by atoms with Gasteiger partial charge in [-0.25, -0.2) is 0 Å². The molecule has 0 fully saturated rings. The Balaban J connectivity index is 3.26. The van der Waals surface area contributed by atoms with Crippen LogP contribution in [0, 0.1) is 0 Å². The summed E-state index contributed by atoms with van der Waals surface area (Å²) in [6.45, 7) is 8.71. The minimum Gasteiger partial charge on any atom is -0.324 e. The summed E-state index contributed by atoms with van der Waals surface area (Å²) in [7, 11) is 0. The van der Waals surface area contributed by atoms with E-state index in [9.17, 15) is 0 Å². The van der Waals surface area contributed by atoms with Crippen LogP contribution in [0.1, 0.15) is 72.1 Å². The van der Waals surface area contributed by atoms with E-state index in [4.69, 9.17) is 5.73 Å². The van der Waals surface area contributed by atoms with Gasteiger partial charge in [-0.15, -0.1) is 0 Å². The zero-order chi connectivity index (χ0) is 12.3. The lowest BCUT2D eigenvalue weighted by molar-refractivity contribution is 0.367. The van der Waals surface area contributed by atoms with Crippen molar-refractivity contribution in [3.8, 4) is 0 Å². The van der Waals surface area contributed by atoms with Gasteiger partial charge >= 0.3 is 0 Å². The maximum absolute atomic E-state index is 6.21. The average molecular weight is 228 g/mol. The molecule has 16 heavy (non-hydrogen) atoms. The molecule has 0 bridgehead atoms. The fourth-order valence-corrected chi connectivity index (χ4v) is 1.87. The Labute approximate surface area is 102 Å². The predicted molar refractivity (Wildman–Crippen MR) is 73.7 cm³/mol. The summed E-state index contributed by atoms with van der Waals surface area (Å²) in [5.41, 5.74) is 6.23. The van der Waals surface area contributed by atoms with Crippen LogP contribution in [0.2, 0.25) is 0 Å². The van der Waals surface area contributed by atoms with E-state index in [1.54, 1.807) is 0 Å². The van der Waals surface area contributed by atoms with Crippen molar-refractivity contribution < 1.29 is 0 Å². The Morgan fingerprint density at radius 1 is 0.875 bits per heavy atom. The maximum Gasteiger partial charge on any atom is 0.0275 e. The number of hydrogen-bond acceptors (Lipinski definition) is 2. The van der Waals surface area contributed by atoms with Gasteiger partial charge in [-0.1, -0.05) is 52.9 Å². The normalized spacial score (nSPS) is 12.0. The van der Waals surface area contributed by atoms with Crippen LogP contribution < -0.4 is 11.1 Å². The third kappa shape index (κ3) is 8.12. The van der Waals surface area contributed by atoms with E-state index in [-0.39, 0.29) is 5.54 Å². The maximum atomic E-state index is 6.21. The molecule has 0 saturated carbocycles. The van der Waals surface area contributed by atoms with E-state index < -0.39 is 0 Å². The second-order valence-electron chi connectivity index (χ2n) is 5.01. The number of hydrogen-bond donors (Lipinski definition) is 2. The molecule has 0 aliphatic carbocycles. The molecule has 0 atom stereocenters. The lowest BCUT2D eigenvalue weighted by Crippen LogP contribution is -2.47. The van der Waals surface area contributed by atoms with Gasteiger partial charge in [-0.05, 0) is 25.8 Å². The highest BCUT2D eigenvalue weighted by Gasteiger charge is 2.18. The van der Waals surface area contributed by atoms with Gasteiger partial charge in [0.25, 0.3) is 0 Å². The first-order chi connectivity index (χ1) is 7.68. The molecule has 0 radical (unpaired) electrons. The van der Waals surface area contributed by atoms with Crippen molar-refractivity contribution in [1.29, 1.82) is 0 Å². The smallest absolute Gasteiger partial charge is 0.0275 e. The molecular formula is C14H32N2. The van der Waals surface area contributed by atoms with Crippen LogP contribution in [0.15, 0.2) is 0 Å². The molecule has 0 aromatic carbocycles. The standard InChI is InChI=1S/C14H32N2/c1-4-7-8-9-10-11-12-16-13-14(15,5-2)6-3/h16H,4-13,15H2,1-3H3. The van der Waals surface area contributed by atoms with E-state index in [2.05, 4.69) is 26.1 Å². The van der Waals surface area contributed by atoms with Crippen LogP contribution in [0.5, 0.6) is 0 Å². The third-order valence-electron chi connectivity index (χ3n) is 3.59. The lowest BCUT2D eigenvalue weighted by atomic mass is 9.94. The molecular weight excluding hydrogens is 196 g/mol. The Morgan fingerprint density at radius 2 is 1.44 bits per heavy atom. The van der Waals surface area contributed by atoms with Gasteiger partial charge in [-0.2, -0.15) is 0 Å². The monoisotopic (exact) mass is 228 g/mol. The highest BCUT2D eigenvalue weighted by atomic mass is 14.9. The van der Waals surface area contributed by atoms with Gasteiger partial charge in [0.15, 0.2) is 0 Å². The molecule has 0 aliphatic heterocycles. The van der Waals surface area contributed by atoms with E-state index >= 15 is 0 Å². The Hall–Kier alpha value is -0.0800. The molecule has 98 valence electrons. The number of unbranched alkanes of at least 4 members (excludes halogenated alkanes) is 5. The quantitative estimate of drug-likeness (QED) is 0.532. The molecule has 0 heterocycles. The first-order valence-electron chi connectivity index (χ1n) is 7.18. The summed E-state index contributed by atoms with van der Waals surface area (Å²) < 4.78 is 0. The second-order valence-corrected chi connectivity index (χ2v) is 5.01. The summed E-state index contributed by atoms with van der Waals surface area (Å²) in [5.74, 6) is 0. The molecule has 0 unspecified atom stereocenters. The van der Waals surface area contributed by atoms with Crippen LogP contribution in [-0.4, -0.2) is 18.6 Å². The van der Waals surface area contributed by atoms with Crippen molar-refractivity contribution in [2.24, 2.45) is 5.73 Å². The Kier molecular flexibility index (Phi) is 10.0. The summed E-state index contributed by atoms with van der Waals surface area (Å²) in [6.07, 6.45) is 10.3. The molecule has 0 aromatic heterocycles. The largest absolute Gasteiger partial charge is 0.324 e. The molecule has 0 aliphatic rings.